The van der Waals surface area contributed by atoms with Crippen LogP contribution in [0.15, 0.2) is 24.3 Å². The van der Waals surface area contributed by atoms with Crippen LogP contribution in [0.2, 0.25) is 0 Å². The molecule has 1 amide bonds. The van der Waals surface area contributed by atoms with Crippen molar-refractivity contribution >= 4 is 28.0 Å². The van der Waals surface area contributed by atoms with Crippen LogP contribution in [0.5, 0.6) is 5.75 Å². The third-order valence-corrected chi connectivity index (χ3v) is 6.62. The number of carbonyl (C=O) groups is 2. The number of nitrogens with one attached hydrogen (secondary N) is 2. The van der Waals surface area contributed by atoms with Crippen LogP contribution in [0.3, 0.4) is 0 Å². The summed E-state index contributed by atoms with van der Waals surface area (Å²) in [5.41, 5.74) is 2.31. The van der Waals surface area contributed by atoms with Crippen molar-refractivity contribution < 1.29 is 19.2 Å². The Bertz CT molecular complexity index is 855. The number of para-hydroxylation sites is 1. The molecule has 1 heterocycles. The van der Waals surface area contributed by atoms with E-state index < -0.39 is 0 Å². The van der Waals surface area contributed by atoms with Gasteiger partial charge in [-0.25, -0.2) is 0 Å². The summed E-state index contributed by atoms with van der Waals surface area (Å²) in [7, 11) is 1.57. The second kappa shape index (κ2) is 9.34. The molecule has 2 N–H and O–H groups in total. The number of hydrogen-bond acceptors (Lipinski definition) is 4. The van der Waals surface area contributed by atoms with Gasteiger partial charge in [0, 0.05) is 4.88 Å². The van der Waals surface area contributed by atoms with Crippen LogP contribution in [0.4, 0.5) is 5.00 Å². The van der Waals surface area contributed by atoms with Gasteiger partial charge < -0.3 is 15.0 Å². The molecule has 0 atom stereocenters. The normalized spacial score (nSPS) is 13.3. The molecule has 0 radical (unpaired) electrons. The van der Waals surface area contributed by atoms with E-state index in [0.717, 1.165) is 44.3 Å². The van der Waals surface area contributed by atoms with Crippen molar-refractivity contribution in [3.8, 4) is 5.75 Å². The zero-order valence-electron chi connectivity index (χ0n) is 16.9. The summed E-state index contributed by atoms with van der Waals surface area (Å²) in [6.07, 6.45) is 4.07. The van der Waals surface area contributed by atoms with E-state index in [1.807, 2.05) is 12.1 Å². The van der Waals surface area contributed by atoms with Gasteiger partial charge in [-0.3, -0.25) is 9.59 Å². The van der Waals surface area contributed by atoms with E-state index in [9.17, 15) is 9.59 Å². The van der Waals surface area contributed by atoms with Crippen LogP contribution >= 0.6 is 11.3 Å². The molecule has 0 saturated heterocycles. The van der Waals surface area contributed by atoms with E-state index in [0.29, 0.717) is 28.4 Å². The lowest BCUT2D eigenvalue weighted by Crippen LogP contribution is -3.12. The minimum atomic E-state index is -0.0673. The molecular weight excluding hydrogens is 372 g/mol. The number of rotatable bonds is 8. The number of carbonyl (C=O) groups excluding carboxylic acids is 2. The smallest absolute Gasteiger partial charge is 0.280 e. The van der Waals surface area contributed by atoms with Gasteiger partial charge in [-0.1, -0.05) is 12.1 Å². The Morgan fingerprint density at radius 2 is 1.86 bits per heavy atom. The first-order chi connectivity index (χ1) is 13.6. The lowest BCUT2D eigenvalue weighted by atomic mass is 9.91. The number of fused-ring (bicyclic) bond motifs is 1. The van der Waals surface area contributed by atoms with Gasteiger partial charge in [0.1, 0.15) is 10.8 Å². The molecule has 1 aromatic carbocycles. The third-order valence-electron chi connectivity index (χ3n) is 5.41. The van der Waals surface area contributed by atoms with E-state index in [1.54, 1.807) is 30.6 Å². The number of quaternary nitrogens is 1. The summed E-state index contributed by atoms with van der Waals surface area (Å²) in [6.45, 7) is 6.37. The highest BCUT2D eigenvalue weighted by molar-refractivity contribution is 7.17. The number of amides is 1. The van der Waals surface area contributed by atoms with Crippen molar-refractivity contribution in [2.24, 2.45) is 0 Å². The highest BCUT2D eigenvalue weighted by atomic mass is 32.1. The molecule has 1 aliphatic rings. The SMILES string of the molecule is CC[NH+](CC)CC(=O)Nc1sc2c(c1C(=O)c1ccccc1OC)CCCC2. The van der Waals surface area contributed by atoms with Gasteiger partial charge in [-0.15, -0.1) is 11.3 Å². The zero-order chi connectivity index (χ0) is 20.1. The molecule has 150 valence electrons. The monoisotopic (exact) mass is 401 g/mol. The number of ether oxygens (including phenoxy) is 1. The molecule has 0 bridgehead atoms. The molecule has 6 heteroatoms. The quantitative estimate of drug-likeness (QED) is 0.669. The molecular formula is C22H29N2O3S+. The Morgan fingerprint density at radius 3 is 2.57 bits per heavy atom. The van der Waals surface area contributed by atoms with Gasteiger partial charge >= 0.3 is 0 Å². The molecule has 0 saturated carbocycles. The van der Waals surface area contributed by atoms with Crippen LogP contribution < -0.4 is 15.0 Å². The molecule has 5 nitrogen and oxygen atoms in total. The van der Waals surface area contributed by atoms with E-state index >= 15 is 0 Å². The fourth-order valence-electron chi connectivity index (χ4n) is 3.76. The minimum absolute atomic E-state index is 0.0358. The summed E-state index contributed by atoms with van der Waals surface area (Å²) in [5.74, 6) is 0.460. The van der Waals surface area contributed by atoms with Gasteiger partial charge in [0.15, 0.2) is 12.3 Å². The van der Waals surface area contributed by atoms with Crippen LogP contribution in [0, 0.1) is 0 Å². The minimum Gasteiger partial charge on any atom is -0.496 e. The zero-order valence-corrected chi connectivity index (χ0v) is 17.7. The fraction of sp³-hybridized carbons (Fsp3) is 0.455. The number of benzene rings is 1. The molecule has 2 aromatic rings. The molecule has 0 aliphatic heterocycles. The highest BCUT2D eigenvalue weighted by Crippen LogP contribution is 2.40. The molecule has 28 heavy (non-hydrogen) atoms. The second-order valence-electron chi connectivity index (χ2n) is 7.13. The first kappa shape index (κ1) is 20.6. The highest BCUT2D eigenvalue weighted by Gasteiger charge is 2.28. The van der Waals surface area contributed by atoms with Crippen LogP contribution in [-0.4, -0.2) is 38.4 Å². The Morgan fingerprint density at radius 1 is 1.14 bits per heavy atom. The van der Waals surface area contributed by atoms with Crippen molar-refractivity contribution in [1.82, 2.24) is 0 Å². The van der Waals surface area contributed by atoms with Crippen molar-refractivity contribution in [2.75, 3.05) is 32.1 Å². The molecule has 1 aliphatic carbocycles. The maximum absolute atomic E-state index is 13.5. The number of anilines is 1. The standard InChI is InChI=1S/C22H28N2O3S/c1-4-24(5-2)14-19(25)23-22-20(16-11-7-9-13-18(16)28-22)21(26)15-10-6-8-12-17(15)27-3/h6,8,10,12H,4-5,7,9,11,13-14H2,1-3H3,(H,23,25)/p+1. The summed E-state index contributed by atoms with van der Waals surface area (Å²) < 4.78 is 5.40. The van der Waals surface area contributed by atoms with Crippen LogP contribution in [0.1, 0.15) is 53.1 Å². The van der Waals surface area contributed by atoms with Gasteiger partial charge in [-0.05, 0) is 57.2 Å². The van der Waals surface area contributed by atoms with Crippen molar-refractivity contribution in [2.45, 2.75) is 39.5 Å². The summed E-state index contributed by atoms with van der Waals surface area (Å²) in [6, 6.07) is 7.29. The maximum Gasteiger partial charge on any atom is 0.280 e. The lowest BCUT2D eigenvalue weighted by molar-refractivity contribution is -0.888. The van der Waals surface area contributed by atoms with Crippen molar-refractivity contribution in [1.29, 1.82) is 0 Å². The van der Waals surface area contributed by atoms with Crippen molar-refractivity contribution in [3.05, 3.63) is 45.8 Å². The van der Waals surface area contributed by atoms with E-state index in [-0.39, 0.29) is 11.7 Å². The molecule has 0 unspecified atom stereocenters. The largest absolute Gasteiger partial charge is 0.496 e. The molecule has 1 aromatic heterocycles. The maximum atomic E-state index is 13.5. The number of aryl methyl sites for hydroxylation is 1. The number of hydrogen-bond donors (Lipinski definition) is 2. The predicted octanol–water partition coefficient (Wildman–Crippen LogP) is 2.73. The third kappa shape index (κ3) is 4.28. The summed E-state index contributed by atoms with van der Waals surface area (Å²) in [4.78, 5) is 28.5. The molecule has 0 spiro atoms. The topological polar surface area (TPSA) is 59.8 Å². The summed E-state index contributed by atoms with van der Waals surface area (Å²) >= 11 is 1.57. The first-order valence-electron chi connectivity index (χ1n) is 10.0. The van der Waals surface area contributed by atoms with E-state index in [4.69, 9.17) is 4.74 Å². The van der Waals surface area contributed by atoms with Gasteiger partial charge in [0.2, 0.25) is 0 Å². The van der Waals surface area contributed by atoms with Crippen LogP contribution in [-0.2, 0) is 17.6 Å². The second-order valence-corrected chi connectivity index (χ2v) is 8.23. The fourth-order valence-corrected chi connectivity index (χ4v) is 5.06. The van der Waals surface area contributed by atoms with E-state index in [2.05, 4.69) is 19.2 Å². The molecule has 3 rings (SSSR count). The lowest BCUT2D eigenvalue weighted by Gasteiger charge is -2.15. The van der Waals surface area contributed by atoms with Gasteiger partial charge in [-0.2, -0.15) is 0 Å². The average molecular weight is 402 g/mol. The van der Waals surface area contributed by atoms with Crippen LogP contribution in [0.25, 0.3) is 0 Å². The Kier molecular flexibility index (Phi) is 6.86. The van der Waals surface area contributed by atoms with E-state index in [1.165, 1.54) is 9.78 Å². The molecule has 0 fully saturated rings. The number of methoxy groups -OCH3 is 1. The Hall–Kier alpha value is -2.18. The van der Waals surface area contributed by atoms with Gasteiger partial charge in [0.05, 0.1) is 31.3 Å². The van der Waals surface area contributed by atoms with Crippen molar-refractivity contribution in [3.63, 3.8) is 0 Å². The number of thiophene rings is 1. The summed E-state index contributed by atoms with van der Waals surface area (Å²) in [5, 5.41) is 3.75. The number of likely N-dealkylation sites (N-methyl/N-ethyl adjacent to an activating group) is 1. The Balaban J connectivity index is 1.96. The number of ketones is 1. The first-order valence-corrected chi connectivity index (χ1v) is 10.9. The average Bonchev–Trinajstić information content (AvgIpc) is 3.08. The Labute approximate surface area is 170 Å². The van der Waals surface area contributed by atoms with Gasteiger partial charge in [0.25, 0.3) is 5.91 Å². The predicted molar refractivity (Wildman–Crippen MR) is 113 cm³/mol.